The molecular weight excluding hydrogens is 192 g/mol. The molecule has 1 fully saturated rings. The normalized spacial score (nSPS) is 20.6. The van der Waals surface area contributed by atoms with E-state index in [2.05, 4.69) is 11.9 Å². The molecule has 1 unspecified atom stereocenters. The van der Waals surface area contributed by atoms with Crippen LogP contribution in [0.3, 0.4) is 0 Å². The van der Waals surface area contributed by atoms with Crippen LogP contribution in [0.5, 0.6) is 0 Å². The van der Waals surface area contributed by atoms with Crippen LogP contribution in [0.2, 0.25) is 0 Å². The van der Waals surface area contributed by atoms with Gasteiger partial charge in [-0.1, -0.05) is 6.08 Å². The molecule has 2 N–H and O–H groups in total. The van der Waals surface area contributed by atoms with Crippen molar-refractivity contribution in [2.24, 2.45) is 5.92 Å². The SMILES string of the molecule is C=CCNCC(=O)N1CCC(CCO)C1. The van der Waals surface area contributed by atoms with Gasteiger partial charge in [-0.25, -0.2) is 0 Å². The van der Waals surface area contributed by atoms with Crippen LogP contribution in [0.15, 0.2) is 12.7 Å². The predicted molar refractivity (Wildman–Crippen MR) is 59.5 cm³/mol. The average Bonchev–Trinajstić information content (AvgIpc) is 2.67. The molecule has 15 heavy (non-hydrogen) atoms. The Hall–Kier alpha value is -0.870. The van der Waals surface area contributed by atoms with Crippen molar-refractivity contribution in [3.8, 4) is 0 Å². The van der Waals surface area contributed by atoms with Crippen molar-refractivity contribution >= 4 is 5.91 Å². The summed E-state index contributed by atoms with van der Waals surface area (Å²) in [6, 6.07) is 0. The maximum atomic E-state index is 11.6. The minimum absolute atomic E-state index is 0.150. The maximum Gasteiger partial charge on any atom is 0.236 e. The minimum atomic E-state index is 0.150. The highest BCUT2D eigenvalue weighted by molar-refractivity contribution is 5.78. The fraction of sp³-hybridized carbons (Fsp3) is 0.727. The summed E-state index contributed by atoms with van der Waals surface area (Å²) < 4.78 is 0. The van der Waals surface area contributed by atoms with E-state index in [0.29, 0.717) is 19.0 Å². The molecule has 1 heterocycles. The lowest BCUT2D eigenvalue weighted by Gasteiger charge is -2.16. The van der Waals surface area contributed by atoms with Crippen molar-refractivity contribution in [1.82, 2.24) is 10.2 Å². The highest BCUT2D eigenvalue weighted by Crippen LogP contribution is 2.18. The fourth-order valence-electron chi connectivity index (χ4n) is 1.87. The zero-order chi connectivity index (χ0) is 11.1. The number of amides is 1. The molecule has 4 nitrogen and oxygen atoms in total. The van der Waals surface area contributed by atoms with E-state index in [1.807, 2.05) is 4.90 Å². The molecule has 1 saturated heterocycles. The molecule has 86 valence electrons. The number of aliphatic hydroxyl groups excluding tert-OH is 1. The van der Waals surface area contributed by atoms with Crippen molar-refractivity contribution in [2.75, 3.05) is 32.8 Å². The lowest BCUT2D eigenvalue weighted by atomic mass is 10.1. The smallest absolute Gasteiger partial charge is 0.236 e. The Morgan fingerprint density at radius 3 is 3.13 bits per heavy atom. The Kier molecular flexibility index (Phi) is 5.36. The summed E-state index contributed by atoms with van der Waals surface area (Å²) in [6.07, 6.45) is 3.57. The summed E-state index contributed by atoms with van der Waals surface area (Å²) in [5.74, 6) is 0.635. The predicted octanol–water partition coefficient (Wildman–Crippen LogP) is -0.00710. The summed E-state index contributed by atoms with van der Waals surface area (Å²) >= 11 is 0. The third kappa shape index (κ3) is 4.01. The van der Waals surface area contributed by atoms with Gasteiger partial charge in [-0.3, -0.25) is 4.79 Å². The number of nitrogens with one attached hydrogen (secondary N) is 1. The van der Waals surface area contributed by atoms with Crippen molar-refractivity contribution < 1.29 is 9.90 Å². The zero-order valence-corrected chi connectivity index (χ0v) is 9.11. The first-order valence-electron chi connectivity index (χ1n) is 5.48. The Labute approximate surface area is 91.0 Å². The van der Waals surface area contributed by atoms with Gasteiger partial charge in [0.25, 0.3) is 0 Å². The molecule has 1 aliphatic rings. The topological polar surface area (TPSA) is 52.6 Å². The van der Waals surface area contributed by atoms with Gasteiger partial charge in [-0.05, 0) is 18.8 Å². The second kappa shape index (κ2) is 6.58. The summed E-state index contributed by atoms with van der Waals surface area (Å²) in [5, 5.41) is 11.8. The van der Waals surface area contributed by atoms with Gasteiger partial charge in [0.1, 0.15) is 0 Å². The molecule has 0 aromatic rings. The zero-order valence-electron chi connectivity index (χ0n) is 9.11. The minimum Gasteiger partial charge on any atom is -0.396 e. The Morgan fingerprint density at radius 2 is 2.47 bits per heavy atom. The number of rotatable bonds is 6. The number of carbonyl (C=O) groups is 1. The van der Waals surface area contributed by atoms with Gasteiger partial charge in [-0.2, -0.15) is 0 Å². The van der Waals surface area contributed by atoms with E-state index in [4.69, 9.17) is 5.11 Å². The monoisotopic (exact) mass is 212 g/mol. The second-order valence-corrected chi connectivity index (χ2v) is 3.93. The molecule has 0 aromatic carbocycles. The molecule has 1 atom stereocenters. The van der Waals surface area contributed by atoms with E-state index in [-0.39, 0.29) is 12.5 Å². The van der Waals surface area contributed by atoms with Crippen LogP contribution in [0.1, 0.15) is 12.8 Å². The van der Waals surface area contributed by atoms with Crippen molar-refractivity contribution in [2.45, 2.75) is 12.8 Å². The molecule has 0 spiro atoms. The number of carbonyl (C=O) groups excluding carboxylic acids is 1. The fourth-order valence-corrected chi connectivity index (χ4v) is 1.87. The van der Waals surface area contributed by atoms with E-state index in [1.165, 1.54) is 0 Å². The number of hydrogen-bond acceptors (Lipinski definition) is 3. The van der Waals surface area contributed by atoms with Crippen LogP contribution in [0.25, 0.3) is 0 Å². The molecule has 1 aliphatic heterocycles. The van der Waals surface area contributed by atoms with Crippen LogP contribution in [-0.4, -0.2) is 48.7 Å². The Bertz CT molecular complexity index is 219. The molecule has 0 saturated carbocycles. The van der Waals surface area contributed by atoms with E-state index in [0.717, 1.165) is 25.9 Å². The summed E-state index contributed by atoms with van der Waals surface area (Å²) in [6.45, 7) is 6.49. The third-order valence-corrected chi connectivity index (χ3v) is 2.74. The number of hydrogen-bond donors (Lipinski definition) is 2. The number of likely N-dealkylation sites (tertiary alicyclic amines) is 1. The average molecular weight is 212 g/mol. The molecule has 0 aromatic heterocycles. The first-order valence-corrected chi connectivity index (χ1v) is 5.48. The molecule has 0 bridgehead atoms. The van der Waals surface area contributed by atoms with Gasteiger partial charge in [0.05, 0.1) is 6.54 Å². The second-order valence-electron chi connectivity index (χ2n) is 3.93. The first-order chi connectivity index (χ1) is 7.27. The van der Waals surface area contributed by atoms with Crippen LogP contribution in [0, 0.1) is 5.92 Å². The maximum absolute atomic E-state index is 11.6. The van der Waals surface area contributed by atoms with Gasteiger partial charge in [0.15, 0.2) is 0 Å². The van der Waals surface area contributed by atoms with Crippen molar-refractivity contribution in [3.63, 3.8) is 0 Å². The van der Waals surface area contributed by atoms with E-state index >= 15 is 0 Å². The van der Waals surface area contributed by atoms with E-state index in [1.54, 1.807) is 6.08 Å². The number of aliphatic hydroxyl groups is 1. The Balaban J connectivity index is 2.21. The van der Waals surface area contributed by atoms with Gasteiger partial charge in [0, 0.05) is 26.2 Å². The van der Waals surface area contributed by atoms with Crippen LogP contribution >= 0.6 is 0 Å². The highest BCUT2D eigenvalue weighted by Gasteiger charge is 2.24. The lowest BCUT2D eigenvalue weighted by Crippen LogP contribution is -2.36. The van der Waals surface area contributed by atoms with Gasteiger partial charge >= 0.3 is 0 Å². The van der Waals surface area contributed by atoms with Crippen LogP contribution in [-0.2, 0) is 4.79 Å². The molecule has 1 rings (SSSR count). The molecule has 4 heteroatoms. The van der Waals surface area contributed by atoms with E-state index < -0.39 is 0 Å². The Morgan fingerprint density at radius 1 is 1.67 bits per heavy atom. The lowest BCUT2D eigenvalue weighted by molar-refractivity contribution is -0.129. The molecule has 0 aliphatic carbocycles. The van der Waals surface area contributed by atoms with Gasteiger partial charge in [-0.15, -0.1) is 6.58 Å². The highest BCUT2D eigenvalue weighted by atomic mass is 16.3. The summed E-state index contributed by atoms with van der Waals surface area (Å²) in [5.41, 5.74) is 0. The third-order valence-electron chi connectivity index (χ3n) is 2.74. The van der Waals surface area contributed by atoms with Crippen LogP contribution in [0.4, 0.5) is 0 Å². The largest absolute Gasteiger partial charge is 0.396 e. The number of nitrogens with zero attached hydrogens (tertiary/aromatic N) is 1. The first kappa shape index (κ1) is 12.2. The molecule has 1 amide bonds. The van der Waals surface area contributed by atoms with Crippen molar-refractivity contribution in [1.29, 1.82) is 0 Å². The van der Waals surface area contributed by atoms with Crippen LogP contribution < -0.4 is 5.32 Å². The van der Waals surface area contributed by atoms with Gasteiger partial charge in [0.2, 0.25) is 5.91 Å². The molecule has 0 radical (unpaired) electrons. The summed E-state index contributed by atoms with van der Waals surface area (Å²) in [4.78, 5) is 13.5. The standard InChI is InChI=1S/C11H20N2O2/c1-2-5-12-8-11(15)13-6-3-10(9-13)4-7-14/h2,10,12,14H,1,3-9H2. The summed E-state index contributed by atoms with van der Waals surface area (Å²) in [7, 11) is 0. The van der Waals surface area contributed by atoms with E-state index in [9.17, 15) is 4.79 Å². The quantitative estimate of drug-likeness (QED) is 0.481. The van der Waals surface area contributed by atoms with Crippen molar-refractivity contribution in [3.05, 3.63) is 12.7 Å². The molecular formula is C11H20N2O2. The van der Waals surface area contributed by atoms with Gasteiger partial charge < -0.3 is 15.3 Å².